The second kappa shape index (κ2) is 13.1. The van der Waals surface area contributed by atoms with Crippen LogP contribution in [0.2, 0.25) is 0 Å². The molecule has 1 amide bonds. The van der Waals surface area contributed by atoms with Gasteiger partial charge in [-0.05, 0) is 55.7 Å². The summed E-state index contributed by atoms with van der Waals surface area (Å²) in [6.45, 7) is 3.61. The molecule has 4 rings (SSSR count). The maximum absolute atomic E-state index is 13.1. The first-order valence-corrected chi connectivity index (χ1v) is 12.1. The zero-order valence-corrected chi connectivity index (χ0v) is 20.0. The van der Waals surface area contributed by atoms with Crippen molar-refractivity contribution in [3.05, 3.63) is 47.3 Å². The minimum Gasteiger partial charge on any atom is -0.396 e. The molecule has 194 valence electrons. The predicted octanol–water partition coefficient (Wildman–Crippen LogP) is 3.15. The highest BCUT2D eigenvalue weighted by Crippen LogP contribution is 2.32. The number of amides is 1. The van der Waals surface area contributed by atoms with E-state index in [1.807, 2.05) is 28.0 Å². The van der Waals surface area contributed by atoms with Gasteiger partial charge in [0.1, 0.15) is 11.6 Å². The molecule has 36 heavy (non-hydrogen) atoms. The normalized spacial score (nSPS) is 15.9. The number of aliphatic hydroxyl groups is 1. The summed E-state index contributed by atoms with van der Waals surface area (Å²) in [4.78, 5) is 21.1. The molecule has 2 saturated heterocycles. The molecule has 0 aliphatic carbocycles. The highest BCUT2D eigenvalue weighted by Gasteiger charge is 2.37. The standard InChI is InChI=1S/C15H21F3N4O.C10H10N2O/c16-15(17,18)14-19-12(21-5-1-6-21)10-13(20-14)22-7-2-11(3-8-22)4-9-23;11-7-10-3-1-9(2-4-10)5-6-12-8-13/h10-11,23H,1-9H2;1-4,8H,5-6H2,(H,12,13). The van der Waals surface area contributed by atoms with E-state index in [4.69, 9.17) is 10.4 Å². The van der Waals surface area contributed by atoms with Crippen molar-refractivity contribution in [1.82, 2.24) is 15.3 Å². The zero-order valence-electron chi connectivity index (χ0n) is 20.0. The smallest absolute Gasteiger partial charge is 0.396 e. The molecule has 8 nitrogen and oxygen atoms in total. The first-order valence-electron chi connectivity index (χ1n) is 12.1. The number of anilines is 2. The number of hydrogen-bond donors (Lipinski definition) is 2. The van der Waals surface area contributed by atoms with Crippen molar-refractivity contribution in [2.75, 3.05) is 49.1 Å². The fraction of sp³-hybridized carbons (Fsp3) is 0.520. The molecule has 2 aliphatic rings. The maximum Gasteiger partial charge on any atom is 0.451 e. The highest BCUT2D eigenvalue weighted by molar-refractivity contribution is 5.52. The molecule has 0 atom stereocenters. The predicted molar refractivity (Wildman–Crippen MR) is 129 cm³/mol. The van der Waals surface area contributed by atoms with Gasteiger partial charge in [0.15, 0.2) is 0 Å². The van der Waals surface area contributed by atoms with Crippen molar-refractivity contribution in [2.24, 2.45) is 5.92 Å². The largest absolute Gasteiger partial charge is 0.451 e. The quantitative estimate of drug-likeness (QED) is 0.420. The Labute approximate surface area is 208 Å². The molecular weight excluding hydrogens is 473 g/mol. The second-order valence-corrected chi connectivity index (χ2v) is 8.82. The van der Waals surface area contributed by atoms with Gasteiger partial charge in [0.25, 0.3) is 0 Å². The number of rotatable bonds is 8. The van der Waals surface area contributed by atoms with Gasteiger partial charge in [0, 0.05) is 45.4 Å². The average molecular weight is 505 g/mol. The SMILES string of the molecule is N#Cc1ccc(CCNC=O)cc1.OCCC1CCN(c2cc(N3CCC3)nc(C(F)(F)F)n2)CC1. The van der Waals surface area contributed by atoms with Crippen LogP contribution < -0.4 is 15.1 Å². The molecule has 3 heterocycles. The number of carbonyl (C=O) groups is 1. The van der Waals surface area contributed by atoms with Gasteiger partial charge in [0.2, 0.25) is 12.2 Å². The van der Waals surface area contributed by atoms with Crippen LogP contribution in [0, 0.1) is 17.2 Å². The number of nitrogens with zero attached hydrogens (tertiary/aromatic N) is 5. The van der Waals surface area contributed by atoms with Crippen LogP contribution in [-0.2, 0) is 17.4 Å². The summed E-state index contributed by atoms with van der Waals surface area (Å²) in [6.07, 6.45) is 0.409. The number of piperidine rings is 1. The molecule has 0 spiro atoms. The van der Waals surface area contributed by atoms with Crippen LogP contribution in [0.25, 0.3) is 0 Å². The number of nitriles is 1. The van der Waals surface area contributed by atoms with E-state index in [-0.39, 0.29) is 6.61 Å². The molecule has 2 aliphatic heterocycles. The molecule has 0 saturated carbocycles. The van der Waals surface area contributed by atoms with Crippen LogP contribution in [0.3, 0.4) is 0 Å². The molecule has 1 aromatic carbocycles. The molecule has 0 radical (unpaired) electrons. The van der Waals surface area contributed by atoms with Crippen molar-refractivity contribution in [2.45, 2.75) is 38.3 Å². The van der Waals surface area contributed by atoms with Gasteiger partial charge >= 0.3 is 6.18 Å². The third-order valence-corrected chi connectivity index (χ3v) is 6.33. The van der Waals surface area contributed by atoms with Crippen LogP contribution in [0.15, 0.2) is 30.3 Å². The van der Waals surface area contributed by atoms with Crippen LogP contribution in [0.4, 0.5) is 24.8 Å². The summed E-state index contributed by atoms with van der Waals surface area (Å²) in [5.74, 6) is 0.104. The minimum absolute atomic E-state index is 0.162. The molecule has 2 N–H and O–H groups in total. The first kappa shape index (κ1) is 27.2. The number of aromatic nitrogens is 2. The number of halogens is 3. The lowest BCUT2D eigenvalue weighted by molar-refractivity contribution is -0.144. The van der Waals surface area contributed by atoms with Gasteiger partial charge in [-0.25, -0.2) is 9.97 Å². The van der Waals surface area contributed by atoms with Crippen molar-refractivity contribution in [3.63, 3.8) is 0 Å². The summed E-state index contributed by atoms with van der Waals surface area (Å²) in [5, 5.41) is 20.1. The van der Waals surface area contributed by atoms with Crippen LogP contribution >= 0.6 is 0 Å². The lowest BCUT2D eigenvalue weighted by Gasteiger charge is -2.35. The Kier molecular flexibility index (Phi) is 9.87. The number of benzene rings is 1. The van der Waals surface area contributed by atoms with Gasteiger partial charge < -0.3 is 20.2 Å². The second-order valence-electron chi connectivity index (χ2n) is 8.82. The molecule has 2 fully saturated rings. The lowest BCUT2D eigenvalue weighted by Crippen LogP contribution is -2.39. The van der Waals surface area contributed by atoms with E-state index < -0.39 is 12.0 Å². The highest BCUT2D eigenvalue weighted by atomic mass is 19.4. The summed E-state index contributed by atoms with van der Waals surface area (Å²) in [6, 6.07) is 11.1. The third kappa shape index (κ3) is 7.81. The van der Waals surface area contributed by atoms with E-state index >= 15 is 0 Å². The Morgan fingerprint density at radius 2 is 1.69 bits per heavy atom. The number of aliphatic hydroxyl groups excluding tert-OH is 1. The average Bonchev–Trinajstić information content (AvgIpc) is 2.84. The number of alkyl halides is 3. The fourth-order valence-electron chi connectivity index (χ4n) is 4.07. The van der Waals surface area contributed by atoms with E-state index in [9.17, 15) is 18.0 Å². The summed E-state index contributed by atoms with van der Waals surface area (Å²) < 4.78 is 39.2. The third-order valence-electron chi connectivity index (χ3n) is 6.33. The Morgan fingerprint density at radius 1 is 1.08 bits per heavy atom. The van der Waals surface area contributed by atoms with Gasteiger partial charge in [0.05, 0.1) is 11.6 Å². The Hall–Kier alpha value is -3.39. The molecule has 1 aromatic heterocycles. The molecule has 11 heteroatoms. The first-order chi connectivity index (χ1) is 17.3. The van der Waals surface area contributed by atoms with Crippen LogP contribution in [-0.4, -0.2) is 60.8 Å². The number of hydrogen-bond acceptors (Lipinski definition) is 7. The summed E-state index contributed by atoms with van der Waals surface area (Å²) >= 11 is 0. The van der Waals surface area contributed by atoms with Crippen LogP contribution in [0.5, 0.6) is 0 Å². The van der Waals surface area contributed by atoms with Gasteiger partial charge in [-0.15, -0.1) is 0 Å². The summed E-state index contributed by atoms with van der Waals surface area (Å²) in [7, 11) is 0. The number of carbonyl (C=O) groups excluding carboxylic acids is 1. The molecule has 0 unspecified atom stereocenters. The Bertz CT molecular complexity index is 1010. The fourth-order valence-corrected chi connectivity index (χ4v) is 4.07. The summed E-state index contributed by atoms with van der Waals surface area (Å²) in [5.41, 5.74) is 1.78. The minimum atomic E-state index is -4.54. The van der Waals surface area contributed by atoms with E-state index in [1.165, 1.54) is 0 Å². The molecule has 0 bridgehead atoms. The Morgan fingerprint density at radius 3 is 2.17 bits per heavy atom. The van der Waals surface area contributed by atoms with Crippen molar-refractivity contribution in [1.29, 1.82) is 5.26 Å². The van der Waals surface area contributed by atoms with E-state index in [0.717, 1.165) is 50.8 Å². The van der Waals surface area contributed by atoms with E-state index in [1.54, 1.807) is 18.2 Å². The van der Waals surface area contributed by atoms with Crippen molar-refractivity contribution >= 4 is 18.0 Å². The van der Waals surface area contributed by atoms with Gasteiger partial charge in [-0.1, -0.05) is 12.1 Å². The van der Waals surface area contributed by atoms with E-state index in [2.05, 4.69) is 15.3 Å². The van der Waals surface area contributed by atoms with E-state index in [0.29, 0.717) is 49.2 Å². The lowest BCUT2D eigenvalue weighted by atomic mass is 9.94. The number of nitrogens with one attached hydrogen (secondary N) is 1. The molecule has 2 aromatic rings. The maximum atomic E-state index is 13.1. The van der Waals surface area contributed by atoms with Crippen LogP contribution in [0.1, 0.15) is 42.6 Å². The Balaban J connectivity index is 0.000000236. The van der Waals surface area contributed by atoms with Crippen molar-refractivity contribution < 1.29 is 23.1 Å². The zero-order chi connectivity index (χ0) is 26.0. The topological polar surface area (TPSA) is 105 Å². The van der Waals surface area contributed by atoms with Crippen molar-refractivity contribution in [3.8, 4) is 6.07 Å². The monoisotopic (exact) mass is 504 g/mol. The van der Waals surface area contributed by atoms with Gasteiger partial charge in [-0.3, -0.25) is 4.79 Å². The van der Waals surface area contributed by atoms with Gasteiger partial charge in [-0.2, -0.15) is 18.4 Å². The molecular formula is C25H31F3N6O2.